The van der Waals surface area contributed by atoms with Crippen LogP contribution in [0.5, 0.6) is 0 Å². The van der Waals surface area contributed by atoms with E-state index in [2.05, 4.69) is 10.1 Å². The fourth-order valence-corrected chi connectivity index (χ4v) is 3.30. The number of rotatable bonds is 2. The van der Waals surface area contributed by atoms with Gasteiger partial charge in [0.15, 0.2) is 11.0 Å². The van der Waals surface area contributed by atoms with Gasteiger partial charge in [0.2, 0.25) is 4.87 Å². The maximum Gasteiger partial charge on any atom is 0.425 e. The largest absolute Gasteiger partial charge is 0.425 e. The first kappa shape index (κ1) is 15.8. The molecule has 1 aromatic heterocycles. The van der Waals surface area contributed by atoms with Crippen LogP contribution in [-0.4, -0.2) is 27.0 Å². The number of carbonyl (C=O) groups is 1. The van der Waals surface area contributed by atoms with Crippen molar-refractivity contribution in [3.63, 3.8) is 0 Å². The van der Waals surface area contributed by atoms with Crippen LogP contribution in [0.15, 0.2) is 29.4 Å². The first-order chi connectivity index (χ1) is 10.8. The minimum Gasteiger partial charge on any atom is -0.309 e. The highest BCUT2D eigenvalue weighted by molar-refractivity contribution is 8.00. The number of nitrogens with one attached hydrogen (secondary N) is 1. The summed E-state index contributed by atoms with van der Waals surface area (Å²) in [5.41, 5.74) is -0.294. The Labute approximate surface area is 132 Å². The van der Waals surface area contributed by atoms with Crippen molar-refractivity contribution in [2.45, 2.75) is 29.5 Å². The topological polar surface area (TPSA) is 59.8 Å². The van der Waals surface area contributed by atoms with E-state index in [0.717, 1.165) is 28.9 Å². The third-order valence-corrected chi connectivity index (χ3v) is 4.63. The Hall–Kier alpha value is -2.10. The molecule has 0 fully saturated rings. The lowest BCUT2D eigenvalue weighted by molar-refractivity contribution is -0.168. The Kier molecular flexibility index (Phi) is 3.58. The van der Waals surface area contributed by atoms with Gasteiger partial charge in [-0.1, -0.05) is 19.1 Å². The number of fused-ring (bicyclic) bond motifs is 1. The van der Waals surface area contributed by atoms with Gasteiger partial charge in [0.05, 0.1) is 0 Å². The molecule has 0 aliphatic carbocycles. The molecule has 1 unspecified atom stereocenters. The van der Waals surface area contributed by atoms with Crippen LogP contribution in [0, 0.1) is 5.82 Å². The molecule has 1 aliphatic rings. The van der Waals surface area contributed by atoms with Crippen LogP contribution in [0.2, 0.25) is 0 Å². The maximum atomic E-state index is 13.8. The van der Waals surface area contributed by atoms with Gasteiger partial charge in [-0.15, -0.1) is 5.10 Å². The molecule has 1 N–H and O–H groups in total. The molecular weight excluding hydrogens is 336 g/mol. The van der Waals surface area contributed by atoms with Crippen LogP contribution in [-0.2, 0) is 11.3 Å². The van der Waals surface area contributed by atoms with E-state index in [1.807, 2.05) is 5.32 Å². The first-order valence-electron chi connectivity index (χ1n) is 6.57. The molecule has 5 nitrogen and oxygen atoms in total. The normalized spacial score (nSPS) is 21.0. The molecule has 0 radical (unpaired) electrons. The van der Waals surface area contributed by atoms with Crippen LogP contribution >= 0.6 is 11.8 Å². The number of aryl methyl sites for hydroxylation is 1. The van der Waals surface area contributed by atoms with Gasteiger partial charge in [-0.05, 0) is 29.5 Å². The van der Waals surface area contributed by atoms with Gasteiger partial charge in [-0.25, -0.2) is 14.2 Å². The highest BCUT2D eigenvalue weighted by atomic mass is 32.2. The van der Waals surface area contributed by atoms with Gasteiger partial charge < -0.3 is 5.32 Å². The van der Waals surface area contributed by atoms with Crippen molar-refractivity contribution in [3.05, 3.63) is 41.5 Å². The number of carbonyl (C=O) groups excluding carboxylic acids is 1. The predicted molar refractivity (Wildman–Crippen MR) is 73.3 cm³/mol. The number of halogens is 4. The second kappa shape index (κ2) is 5.22. The lowest BCUT2D eigenvalue weighted by atomic mass is 10.1. The van der Waals surface area contributed by atoms with Crippen molar-refractivity contribution in [1.82, 2.24) is 20.1 Å². The van der Waals surface area contributed by atoms with E-state index < -0.39 is 22.9 Å². The third-order valence-electron chi connectivity index (χ3n) is 3.31. The molecule has 122 valence electrons. The Morgan fingerprint density at radius 2 is 1.96 bits per heavy atom. The zero-order chi connectivity index (χ0) is 16.8. The molecule has 1 aliphatic heterocycles. The average Bonchev–Trinajstić information content (AvgIpc) is 2.90. The first-order valence-corrected chi connectivity index (χ1v) is 7.38. The smallest absolute Gasteiger partial charge is 0.309 e. The maximum absolute atomic E-state index is 13.8. The summed E-state index contributed by atoms with van der Waals surface area (Å²) in [6.45, 7) is 1.72. The Bertz CT molecular complexity index is 758. The number of nitrogens with zero attached hydrogens (tertiary/aromatic N) is 3. The van der Waals surface area contributed by atoms with Crippen LogP contribution < -0.4 is 5.32 Å². The summed E-state index contributed by atoms with van der Waals surface area (Å²) in [5.74, 6) is -0.408. The summed E-state index contributed by atoms with van der Waals surface area (Å²) in [6, 6.07) is 2.76. The summed E-state index contributed by atoms with van der Waals surface area (Å²) in [6.07, 6.45) is -4.45. The summed E-state index contributed by atoms with van der Waals surface area (Å²) < 4.78 is 55.1. The minimum absolute atomic E-state index is 0.160. The molecule has 1 aromatic carbocycles. The van der Waals surface area contributed by atoms with Crippen molar-refractivity contribution < 1.29 is 22.4 Å². The van der Waals surface area contributed by atoms with Crippen molar-refractivity contribution >= 4 is 17.8 Å². The molecule has 10 heteroatoms. The molecular formula is C13H10F4N4OS. The zero-order valence-corrected chi connectivity index (χ0v) is 12.5. The SMILES string of the molecule is CCc1nc2n(n1)C(=O)NC(c1ccc(F)cc1)(C(F)(F)F)S2. The molecule has 2 heterocycles. The van der Waals surface area contributed by atoms with E-state index in [0.29, 0.717) is 18.2 Å². The van der Waals surface area contributed by atoms with Gasteiger partial charge in [-0.2, -0.15) is 17.9 Å². The Morgan fingerprint density at radius 3 is 2.52 bits per heavy atom. The average molecular weight is 346 g/mol. The number of aromatic nitrogens is 3. The van der Waals surface area contributed by atoms with E-state index in [9.17, 15) is 22.4 Å². The van der Waals surface area contributed by atoms with E-state index >= 15 is 0 Å². The predicted octanol–water partition coefficient (Wildman–Crippen LogP) is 3.06. The molecule has 2 aromatic rings. The molecule has 23 heavy (non-hydrogen) atoms. The van der Waals surface area contributed by atoms with Crippen molar-refractivity contribution in [3.8, 4) is 0 Å². The summed E-state index contributed by atoms with van der Waals surface area (Å²) >= 11 is 0.320. The van der Waals surface area contributed by atoms with Crippen LogP contribution in [0.1, 0.15) is 18.3 Å². The van der Waals surface area contributed by atoms with Crippen LogP contribution in [0.25, 0.3) is 0 Å². The van der Waals surface area contributed by atoms with E-state index in [1.54, 1.807) is 6.92 Å². The Morgan fingerprint density at radius 1 is 1.30 bits per heavy atom. The number of hydrogen-bond acceptors (Lipinski definition) is 4. The quantitative estimate of drug-likeness (QED) is 0.849. The number of thioether (sulfide) groups is 1. The van der Waals surface area contributed by atoms with Gasteiger partial charge in [-0.3, -0.25) is 0 Å². The van der Waals surface area contributed by atoms with Gasteiger partial charge in [0.25, 0.3) is 0 Å². The second-order valence-corrected chi connectivity index (χ2v) is 5.98. The number of hydrogen-bond donors (Lipinski definition) is 1. The number of benzene rings is 1. The molecule has 1 atom stereocenters. The molecule has 0 spiro atoms. The zero-order valence-electron chi connectivity index (χ0n) is 11.7. The van der Waals surface area contributed by atoms with Crippen molar-refractivity contribution in [2.75, 3.05) is 0 Å². The summed E-state index contributed by atoms with van der Waals surface area (Å²) in [4.78, 5) is 13.3. The number of alkyl halides is 3. The molecule has 3 rings (SSSR count). The van der Waals surface area contributed by atoms with Crippen LogP contribution in [0.3, 0.4) is 0 Å². The van der Waals surface area contributed by atoms with Crippen LogP contribution in [0.4, 0.5) is 22.4 Å². The lowest BCUT2D eigenvalue weighted by Crippen LogP contribution is -2.57. The van der Waals surface area contributed by atoms with E-state index in [4.69, 9.17) is 0 Å². The molecule has 0 saturated heterocycles. The van der Waals surface area contributed by atoms with Crippen molar-refractivity contribution in [2.24, 2.45) is 0 Å². The summed E-state index contributed by atoms with van der Waals surface area (Å²) in [7, 11) is 0. The third kappa shape index (κ3) is 2.46. The highest BCUT2D eigenvalue weighted by Gasteiger charge is 2.61. The van der Waals surface area contributed by atoms with E-state index in [-0.39, 0.29) is 16.5 Å². The monoisotopic (exact) mass is 346 g/mol. The van der Waals surface area contributed by atoms with Gasteiger partial charge in [0.1, 0.15) is 5.82 Å². The fraction of sp³-hybridized carbons (Fsp3) is 0.308. The molecule has 1 amide bonds. The van der Waals surface area contributed by atoms with E-state index in [1.165, 1.54) is 0 Å². The standard InChI is InChI=1S/C13H10F4N4OS/c1-2-9-18-11-21(20-9)10(22)19-12(23-11,13(15,16)17)7-3-5-8(14)6-4-7/h3-6H,2H2,1H3,(H,19,22). The van der Waals surface area contributed by atoms with Gasteiger partial charge >= 0.3 is 12.2 Å². The molecule has 0 saturated carbocycles. The molecule has 0 bridgehead atoms. The number of amides is 1. The van der Waals surface area contributed by atoms with Gasteiger partial charge in [0, 0.05) is 6.42 Å². The fourth-order valence-electron chi connectivity index (χ4n) is 2.16. The lowest BCUT2D eigenvalue weighted by Gasteiger charge is -2.37. The highest BCUT2D eigenvalue weighted by Crippen LogP contribution is 2.51. The summed E-state index contributed by atoms with van der Waals surface area (Å²) in [5, 5.41) is 5.63. The second-order valence-electron chi connectivity index (χ2n) is 4.79. The minimum atomic E-state index is -4.82. The Balaban J connectivity index is 2.15. The van der Waals surface area contributed by atoms with Crippen molar-refractivity contribution in [1.29, 1.82) is 0 Å².